The summed E-state index contributed by atoms with van der Waals surface area (Å²) in [5.74, 6) is 0. The van der Waals surface area contributed by atoms with E-state index in [2.05, 4.69) is 10.3 Å². The van der Waals surface area contributed by atoms with E-state index in [9.17, 15) is 4.79 Å². The third kappa shape index (κ3) is 2.94. The van der Waals surface area contributed by atoms with Crippen molar-refractivity contribution in [2.24, 2.45) is 0 Å². The number of nitrogens with zero attached hydrogens (tertiary/aromatic N) is 2. The summed E-state index contributed by atoms with van der Waals surface area (Å²) in [4.78, 5) is 17.4. The third-order valence-electron chi connectivity index (χ3n) is 2.38. The number of rotatable bonds is 3. The van der Waals surface area contributed by atoms with Crippen molar-refractivity contribution in [1.29, 1.82) is 0 Å². The number of aromatic nitrogens is 1. The summed E-state index contributed by atoms with van der Waals surface area (Å²) in [7, 11) is 1.78. The van der Waals surface area contributed by atoms with Gasteiger partial charge in [0.15, 0.2) is 0 Å². The van der Waals surface area contributed by atoms with Crippen molar-refractivity contribution in [2.45, 2.75) is 25.4 Å². The van der Waals surface area contributed by atoms with Crippen LogP contribution >= 0.6 is 0 Å². The number of urea groups is 1. The molecule has 1 aromatic heterocycles. The molecule has 80 valence electrons. The molecule has 0 aromatic carbocycles. The van der Waals surface area contributed by atoms with Crippen molar-refractivity contribution in [3.8, 4) is 0 Å². The van der Waals surface area contributed by atoms with Gasteiger partial charge in [0.2, 0.25) is 0 Å². The zero-order valence-corrected chi connectivity index (χ0v) is 8.81. The molecule has 4 nitrogen and oxygen atoms in total. The first-order valence-corrected chi connectivity index (χ1v) is 5.17. The molecule has 15 heavy (non-hydrogen) atoms. The lowest BCUT2D eigenvalue weighted by atomic mass is 10.3. The largest absolute Gasteiger partial charge is 0.335 e. The Labute approximate surface area is 89.3 Å². The molecule has 0 unspecified atom stereocenters. The fraction of sp³-hybridized carbons (Fsp3) is 0.455. The fourth-order valence-electron chi connectivity index (χ4n) is 1.32. The van der Waals surface area contributed by atoms with E-state index in [1.807, 2.05) is 18.2 Å². The molecule has 0 bridgehead atoms. The van der Waals surface area contributed by atoms with E-state index < -0.39 is 0 Å². The van der Waals surface area contributed by atoms with Gasteiger partial charge in [-0.25, -0.2) is 4.79 Å². The highest BCUT2D eigenvalue weighted by Gasteiger charge is 2.24. The number of pyridine rings is 1. The summed E-state index contributed by atoms with van der Waals surface area (Å²) in [6.45, 7) is 0.555. The molecule has 1 aliphatic carbocycles. The number of carbonyl (C=O) groups excluding carboxylic acids is 1. The minimum atomic E-state index is -0.0110. The summed E-state index contributed by atoms with van der Waals surface area (Å²) >= 11 is 0. The SMILES string of the molecule is CN(Cc1ccccn1)C(=O)NC1CC1. The van der Waals surface area contributed by atoms with Crippen molar-refractivity contribution in [1.82, 2.24) is 15.2 Å². The van der Waals surface area contributed by atoms with Gasteiger partial charge in [-0.2, -0.15) is 0 Å². The first-order chi connectivity index (χ1) is 7.25. The van der Waals surface area contributed by atoms with Crippen LogP contribution in [0.4, 0.5) is 4.79 Å². The van der Waals surface area contributed by atoms with E-state index in [1.54, 1.807) is 18.1 Å². The lowest BCUT2D eigenvalue weighted by Gasteiger charge is -2.17. The van der Waals surface area contributed by atoms with Crippen LogP contribution in [0.2, 0.25) is 0 Å². The molecule has 0 saturated heterocycles. The summed E-state index contributed by atoms with van der Waals surface area (Å²) in [5.41, 5.74) is 0.908. The molecule has 0 aliphatic heterocycles. The molecule has 1 saturated carbocycles. The average molecular weight is 205 g/mol. The maximum Gasteiger partial charge on any atom is 0.317 e. The van der Waals surface area contributed by atoms with Crippen LogP contribution in [-0.2, 0) is 6.54 Å². The normalized spacial score (nSPS) is 14.7. The average Bonchev–Trinajstić information content (AvgIpc) is 3.03. The molecule has 4 heteroatoms. The second kappa shape index (κ2) is 4.29. The number of amides is 2. The monoisotopic (exact) mass is 205 g/mol. The Balaban J connectivity index is 1.85. The zero-order chi connectivity index (χ0) is 10.7. The van der Waals surface area contributed by atoms with Crippen LogP contribution < -0.4 is 5.32 Å². The molecule has 0 spiro atoms. The summed E-state index contributed by atoms with van der Waals surface area (Å²) in [6, 6.07) is 6.11. The van der Waals surface area contributed by atoms with Crippen LogP contribution in [-0.4, -0.2) is 29.0 Å². The van der Waals surface area contributed by atoms with Crippen LogP contribution in [0.5, 0.6) is 0 Å². The molecule has 1 fully saturated rings. The van der Waals surface area contributed by atoms with Crippen molar-refractivity contribution in [3.05, 3.63) is 30.1 Å². The van der Waals surface area contributed by atoms with Crippen molar-refractivity contribution in [2.75, 3.05) is 7.05 Å². The molecule has 0 atom stereocenters. The van der Waals surface area contributed by atoms with Gasteiger partial charge in [-0.15, -0.1) is 0 Å². The molecule has 2 amide bonds. The first kappa shape index (κ1) is 9.96. The summed E-state index contributed by atoms with van der Waals surface area (Å²) in [5, 5.41) is 2.93. The maximum atomic E-state index is 11.6. The Hall–Kier alpha value is -1.58. The van der Waals surface area contributed by atoms with Gasteiger partial charge in [0.1, 0.15) is 0 Å². The van der Waals surface area contributed by atoms with Crippen LogP contribution in [0.15, 0.2) is 24.4 Å². The molecule has 2 rings (SSSR count). The number of nitrogens with one attached hydrogen (secondary N) is 1. The lowest BCUT2D eigenvalue weighted by Crippen LogP contribution is -2.38. The quantitative estimate of drug-likeness (QED) is 0.810. The van der Waals surface area contributed by atoms with Gasteiger partial charge < -0.3 is 10.2 Å². The Bertz CT molecular complexity index is 335. The van der Waals surface area contributed by atoms with Gasteiger partial charge in [0.05, 0.1) is 12.2 Å². The van der Waals surface area contributed by atoms with E-state index in [4.69, 9.17) is 0 Å². The molecule has 1 N–H and O–H groups in total. The molecule has 1 aliphatic rings. The first-order valence-electron chi connectivity index (χ1n) is 5.17. The van der Waals surface area contributed by atoms with Crippen molar-refractivity contribution >= 4 is 6.03 Å². The predicted octanol–water partition coefficient (Wildman–Crippen LogP) is 1.39. The highest BCUT2D eigenvalue weighted by molar-refractivity contribution is 5.74. The molecular weight excluding hydrogens is 190 g/mol. The third-order valence-corrected chi connectivity index (χ3v) is 2.38. The minimum Gasteiger partial charge on any atom is -0.335 e. The Morgan fingerprint density at radius 1 is 1.60 bits per heavy atom. The minimum absolute atomic E-state index is 0.0110. The smallest absolute Gasteiger partial charge is 0.317 e. The van der Waals surface area contributed by atoms with Crippen molar-refractivity contribution < 1.29 is 4.79 Å². The molecule has 1 heterocycles. The van der Waals surface area contributed by atoms with Crippen LogP contribution in [0.3, 0.4) is 0 Å². The van der Waals surface area contributed by atoms with Crippen LogP contribution in [0, 0.1) is 0 Å². The second-order valence-electron chi connectivity index (χ2n) is 3.90. The summed E-state index contributed by atoms with van der Waals surface area (Å²) < 4.78 is 0. The van der Waals surface area contributed by atoms with Gasteiger partial charge in [-0.1, -0.05) is 6.07 Å². The zero-order valence-electron chi connectivity index (χ0n) is 8.81. The molecule has 0 radical (unpaired) electrons. The number of hydrogen-bond acceptors (Lipinski definition) is 2. The Morgan fingerprint density at radius 2 is 2.40 bits per heavy atom. The summed E-state index contributed by atoms with van der Waals surface area (Å²) in [6.07, 6.45) is 3.97. The molecular formula is C11H15N3O. The molecule has 1 aromatic rings. The van der Waals surface area contributed by atoms with Crippen LogP contribution in [0.25, 0.3) is 0 Å². The second-order valence-corrected chi connectivity index (χ2v) is 3.90. The van der Waals surface area contributed by atoms with E-state index in [0.717, 1.165) is 18.5 Å². The lowest BCUT2D eigenvalue weighted by molar-refractivity contribution is 0.206. The van der Waals surface area contributed by atoms with Gasteiger partial charge in [-0.3, -0.25) is 4.98 Å². The van der Waals surface area contributed by atoms with E-state index >= 15 is 0 Å². The Kier molecular flexibility index (Phi) is 2.85. The van der Waals surface area contributed by atoms with Gasteiger partial charge in [0, 0.05) is 19.3 Å². The van der Waals surface area contributed by atoms with Crippen molar-refractivity contribution in [3.63, 3.8) is 0 Å². The van der Waals surface area contributed by atoms with E-state index in [1.165, 1.54) is 0 Å². The Morgan fingerprint density at radius 3 is 3.00 bits per heavy atom. The topological polar surface area (TPSA) is 45.2 Å². The fourth-order valence-corrected chi connectivity index (χ4v) is 1.32. The van der Waals surface area contributed by atoms with Gasteiger partial charge >= 0.3 is 6.03 Å². The number of hydrogen-bond donors (Lipinski definition) is 1. The highest BCUT2D eigenvalue weighted by atomic mass is 16.2. The standard InChI is InChI=1S/C11H15N3O/c1-14(11(15)13-9-5-6-9)8-10-4-2-3-7-12-10/h2-4,7,9H,5-6,8H2,1H3,(H,13,15). The predicted molar refractivity (Wildman–Crippen MR) is 57.3 cm³/mol. The van der Waals surface area contributed by atoms with Gasteiger partial charge in [0.25, 0.3) is 0 Å². The maximum absolute atomic E-state index is 11.6. The van der Waals surface area contributed by atoms with E-state index in [0.29, 0.717) is 12.6 Å². The van der Waals surface area contributed by atoms with Crippen LogP contribution in [0.1, 0.15) is 18.5 Å². The van der Waals surface area contributed by atoms with E-state index in [-0.39, 0.29) is 6.03 Å². The highest BCUT2D eigenvalue weighted by Crippen LogP contribution is 2.18. The number of carbonyl (C=O) groups is 1. The van der Waals surface area contributed by atoms with Gasteiger partial charge in [-0.05, 0) is 25.0 Å².